The highest BCUT2D eigenvalue weighted by Crippen LogP contribution is 2.35. The largest absolute Gasteiger partial charge is 0.378 e. The highest BCUT2D eigenvalue weighted by Gasteiger charge is 2.30. The van der Waals surface area contributed by atoms with Crippen LogP contribution in [0.2, 0.25) is 0 Å². The molecule has 1 amide bonds. The van der Waals surface area contributed by atoms with E-state index >= 15 is 0 Å². The second-order valence-electron chi connectivity index (χ2n) is 6.98. The molecule has 0 radical (unpaired) electrons. The lowest BCUT2D eigenvalue weighted by Crippen LogP contribution is -2.46. The second-order valence-corrected chi connectivity index (χ2v) is 6.98. The summed E-state index contributed by atoms with van der Waals surface area (Å²) in [4.78, 5) is 31.8. The normalized spacial score (nSPS) is 18.7. The summed E-state index contributed by atoms with van der Waals surface area (Å²) in [5, 5.41) is 12.7. The molecule has 0 unspecified atom stereocenters. The number of non-ortho nitro benzene ring substituents is 1. The number of aromatic nitrogens is 1. The van der Waals surface area contributed by atoms with Gasteiger partial charge in [-0.1, -0.05) is 0 Å². The van der Waals surface area contributed by atoms with Crippen molar-refractivity contribution in [1.82, 2.24) is 9.88 Å². The number of morpholine rings is 1. The average molecular weight is 370 g/mol. The van der Waals surface area contributed by atoms with Gasteiger partial charge >= 0.3 is 0 Å². The van der Waals surface area contributed by atoms with Crippen LogP contribution in [-0.2, 0) is 9.53 Å². The molecule has 2 aliphatic heterocycles. The van der Waals surface area contributed by atoms with Crippen molar-refractivity contribution in [3.63, 3.8) is 0 Å². The van der Waals surface area contributed by atoms with Gasteiger partial charge in [0.15, 0.2) is 0 Å². The van der Waals surface area contributed by atoms with E-state index in [9.17, 15) is 14.9 Å². The number of pyridine rings is 1. The van der Waals surface area contributed by atoms with Gasteiger partial charge in [-0.05, 0) is 25.0 Å². The molecular weight excluding hydrogens is 348 g/mol. The first-order chi connectivity index (χ1) is 13.1. The van der Waals surface area contributed by atoms with Crippen LogP contribution in [0.1, 0.15) is 12.8 Å². The molecule has 0 spiro atoms. The molecule has 4 rings (SSSR count). The van der Waals surface area contributed by atoms with Crippen LogP contribution in [0.3, 0.4) is 0 Å². The zero-order valence-electron chi connectivity index (χ0n) is 15.0. The van der Waals surface area contributed by atoms with Crippen molar-refractivity contribution in [2.45, 2.75) is 12.8 Å². The number of benzene rings is 1. The SMILES string of the molecule is O=C(C1CCN(c2ccc([N+](=O)[O-])c3cnccc23)CC1)N1CCOCC1. The smallest absolute Gasteiger partial charge is 0.278 e. The lowest BCUT2D eigenvalue weighted by atomic mass is 9.94. The number of amides is 1. The molecule has 2 aromatic rings. The van der Waals surface area contributed by atoms with Crippen LogP contribution in [-0.4, -0.2) is 60.1 Å². The van der Waals surface area contributed by atoms with Gasteiger partial charge < -0.3 is 14.5 Å². The molecule has 2 saturated heterocycles. The van der Waals surface area contributed by atoms with Gasteiger partial charge in [-0.3, -0.25) is 19.9 Å². The lowest BCUT2D eigenvalue weighted by molar-refractivity contribution is -0.383. The number of nitrogens with zero attached hydrogens (tertiary/aromatic N) is 4. The number of fused-ring (bicyclic) bond motifs is 1. The Balaban J connectivity index is 1.51. The number of carbonyl (C=O) groups excluding carboxylic acids is 1. The molecule has 2 aliphatic rings. The molecule has 27 heavy (non-hydrogen) atoms. The van der Waals surface area contributed by atoms with E-state index < -0.39 is 0 Å². The standard InChI is InChI=1S/C19H22N4O4/c24-19(22-9-11-27-12-10-22)14-4-7-21(8-5-14)17-1-2-18(23(25)26)16-13-20-6-3-15(16)17/h1-3,6,13-14H,4-5,7-12H2. The molecule has 0 aliphatic carbocycles. The summed E-state index contributed by atoms with van der Waals surface area (Å²) in [6, 6.07) is 5.18. The summed E-state index contributed by atoms with van der Waals surface area (Å²) < 4.78 is 5.32. The number of hydrogen-bond donors (Lipinski definition) is 0. The first-order valence-electron chi connectivity index (χ1n) is 9.28. The third kappa shape index (κ3) is 3.44. The van der Waals surface area contributed by atoms with Crippen LogP contribution in [0.15, 0.2) is 30.6 Å². The quantitative estimate of drug-likeness (QED) is 0.608. The molecular formula is C19H22N4O4. The number of piperidine rings is 1. The molecule has 3 heterocycles. The van der Waals surface area contributed by atoms with Gasteiger partial charge in [0, 0.05) is 61.6 Å². The van der Waals surface area contributed by atoms with Gasteiger partial charge in [0.25, 0.3) is 5.69 Å². The van der Waals surface area contributed by atoms with E-state index in [4.69, 9.17) is 4.74 Å². The predicted molar refractivity (Wildman–Crippen MR) is 101 cm³/mol. The van der Waals surface area contributed by atoms with Crippen molar-refractivity contribution in [3.8, 4) is 0 Å². The number of anilines is 1. The molecule has 142 valence electrons. The number of nitro benzene ring substituents is 1. The van der Waals surface area contributed by atoms with Crippen molar-refractivity contribution >= 4 is 28.1 Å². The van der Waals surface area contributed by atoms with E-state index in [0.717, 1.165) is 37.0 Å². The zero-order chi connectivity index (χ0) is 18.8. The third-order valence-electron chi connectivity index (χ3n) is 5.48. The summed E-state index contributed by atoms with van der Waals surface area (Å²) in [7, 11) is 0. The first kappa shape index (κ1) is 17.7. The highest BCUT2D eigenvalue weighted by atomic mass is 16.6. The molecule has 1 aromatic carbocycles. The summed E-state index contributed by atoms with van der Waals surface area (Å²) in [6.45, 7) is 4.12. The van der Waals surface area contributed by atoms with Crippen LogP contribution < -0.4 is 4.90 Å². The molecule has 0 saturated carbocycles. The monoisotopic (exact) mass is 370 g/mol. The van der Waals surface area contributed by atoms with Crippen LogP contribution in [0.5, 0.6) is 0 Å². The van der Waals surface area contributed by atoms with Crippen molar-refractivity contribution in [1.29, 1.82) is 0 Å². The van der Waals surface area contributed by atoms with Gasteiger partial charge in [0.05, 0.1) is 23.5 Å². The summed E-state index contributed by atoms with van der Waals surface area (Å²) >= 11 is 0. The van der Waals surface area contributed by atoms with Crippen molar-refractivity contribution in [2.24, 2.45) is 5.92 Å². The molecule has 0 atom stereocenters. The molecule has 2 fully saturated rings. The third-order valence-corrected chi connectivity index (χ3v) is 5.48. The Kier molecular flexibility index (Phi) is 4.89. The number of rotatable bonds is 3. The summed E-state index contributed by atoms with van der Waals surface area (Å²) in [5.41, 5.74) is 1.04. The second kappa shape index (κ2) is 7.48. The molecule has 8 heteroatoms. The fourth-order valence-corrected chi connectivity index (χ4v) is 4.00. The Morgan fingerprint density at radius 2 is 1.85 bits per heavy atom. The molecule has 8 nitrogen and oxygen atoms in total. The summed E-state index contributed by atoms with van der Waals surface area (Å²) in [5.74, 6) is 0.279. The van der Waals surface area contributed by atoms with Crippen molar-refractivity contribution < 1.29 is 14.5 Å². The van der Waals surface area contributed by atoms with Gasteiger partial charge in [-0.2, -0.15) is 0 Å². The number of carbonyl (C=O) groups is 1. The van der Waals surface area contributed by atoms with E-state index in [1.807, 2.05) is 17.0 Å². The Hall–Kier alpha value is -2.74. The minimum atomic E-state index is -0.374. The lowest BCUT2D eigenvalue weighted by Gasteiger charge is -2.36. The minimum absolute atomic E-state index is 0.0466. The van der Waals surface area contributed by atoms with Gasteiger partial charge in [-0.15, -0.1) is 0 Å². The molecule has 0 N–H and O–H groups in total. The van der Waals surface area contributed by atoms with E-state index in [2.05, 4.69) is 9.88 Å². The van der Waals surface area contributed by atoms with E-state index in [0.29, 0.717) is 31.7 Å². The number of nitro groups is 1. The topological polar surface area (TPSA) is 88.8 Å². The van der Waals surface area contributed by atoms with Crippen LogP contribution in [0, 0.1) is 16.0 Å². The maximum atomic E-state index is 12.7. The molecule has 0 bridgehead atoms. The van der Waals surface area contributed by atoms with Gasteiger partial charge in [0.2, 0.25) is 5.91 Å². The van der Waals surface area contributed by atoms with Crippen LogP contribution in [0.4, 0.5) is 11.4 Å². The predicted octanol–water partition coefficient (Wildman–Crippen LogP) is 2.22. The number of hydrogen-bond acceptors (Lipinski definition) is 6. The fourth-order valence-electron chi connectivity index (χ4n) is 4.00. The van der Waals surface area contributed by atoms with E-state index in [-0.39, 0.29) is 22.4 Å². The van der Waals surface area contributed by atoms with Crippen molar-refractivity contribution in [2.75, 3.05) is 44.3 Å². The van der Waals surface area contributed by atoms with Gasteiger partial charge in [0.1, 0.15) is 0 Å². The summed E-state index contributed by atoms with van der Waals surface area (Å²) in [6.07, 6.45) is 4.79. The maximum absolute atomic E-state index is 12.7. The van der Waals surface area contributed by atoms with Gasteiger partial charge in [-0.25, -0.2) is 0 Å². The average Bonchev–Trinajstić information content (AvgIpc) is 2.73. The Labute approximate surface area is 156 Å². The Bertz CT molecular complexity index is 858. The fraction of sp³-hybridized carbons (Fsp3) is 0.474. The van der Waals surface area contributed by atoms with E-state index in [1.54, 1.807) is 18.5 Å². The van der Waals surface area contributed by atoms with Crippen molar-refractivity contribution in [3.05, 3.63) is 40.7 Å². The number of ether oxygens (including phenoxy) is 1. The zero-order valence-corrected chi connectivity index (χ0v) is 15.0. The Morgan fingerprint density at radius 3 is 2.56 bits per heavy atom. The van der Waals surface area contributed by atoms with Crippen LogP contribution in [0.25, 0.3) is 10.8 Å². The van der Waals surface area contributed by atoms with E-state index in [1.165, 1.54) is 0 Å². The Morgan fingerprint density at radius 1 is 1.11 bits per heavy atom. The maximum Gasteiger partial charge on any atom is 0.278 e. The highest BCUT2D eigenvalue weighted by molar-refractivity contribution is 5.99. The van der Waals surface area contributed by atoms with Crippen LogP contribution >= 0.6 is 0 Å². The molecule has 1 aromatic heterocycles. The minimum Gasteiger partial charge on any atom is -0.378 e. The first-order valence-corrected chi connectivity index (χ1v) is 9.28.